The SMILES string of the molecule is CCN(C(=O)c1cc(S(=O)(=O)Cl)c(C)cc1C)C(C)C. The van der Waals surface area contributed by atoms with Crippen molar-refractivity contribution in [3.05, 3.63) is 28.8 Å². The molecule has 0 saturated heterocycles. The summed E-state index contributed by atoms with van der Waals surface area (Å²) in [7, 11) is 1.56. The molecule has 0 aromatic heterocycles. The predicted octanol–water partition coefficient (Wildman–Crippen LogP) is 3.10. The van der Waals surface area contributed by atoms with Crippen molar-refractivity contribution in [1.82, 2.24) is 4.90 Å². The van der Waals surface area contributed by atoms with Crippen LogP contribution >= 0.6 is 10.7 Å². The lowest BCUT2D eigenvalue weighted by molar-refractivity contribution is 0.0716. The second-order valence-electron chi connectivity index (χ2n) is 5.06. The zero-order chi connectivity index (χ0) is 15.7. The van der Waals surface area contributed by atoms with Crippen LogP contribution in [0.4, 0.5) is 0 Å². The first-order chi connectivity index (χ1) is 9.09. The van der Waals surface area contributed by atoms with E-state index in [1.165, 1.54) is 6.07 Å². The second-order valence-corrected chi connectivity index (χ2v) is 7.59. The van der Waals surface area contributed by atoms with E-state index in [-0.39, 0.29) is 16.8 Å². The molecule has 112 valence electrons. The van der Waals surface area contributed by atoms with Crippen LogP contribution in [0.1, 0.15) is 42.3 Å². The maximum absolute atomic E-state index is 12.5. The Balaban J connectivity index is 3.43. The highest BCUT2D eigenvalue weighted by atomic mass is 35.7. The van der Waals surface area contributed by atoms with Crippen molar-refractivity contribution in [3.63, 3.8) is 0 Å². The minimum Gasteiger partial charge on any atom is -0.336 e. The van der Waals surface area contributed by atoms with Crippen molar-refractivity contribution in [1.29, 1.82) is 0 Å². The molecule has 1 aromatic rings. The maximum atomic E-state index is 12.5. The summed E-state index contributed by atoms with van der Waals surface area (Å²) >= 11 is 0. The minimum absolute atomic E-state index is 0.00655. The van der Waals surface area contributed by atoms with Gasteiger partial charge in [-0.05, 0) is 51.8 Å². The first kappa shape index (κ1) is 17.0. The van der Waals surface area contributed by atoms with Gasteiger partial charge < -0.3 is 4.90 Å². The van der Waals surface area contributed by atoms with E-state index in [4.69, 9.17) is 10.7 Å². The Morgan fingerprint density at radius 3 is 2.20 bits per heavy atom. The topological polar surface area (TPSA) is 54.5 Å². The normalized spacial score (nSPS) is 11.8. The smallest absolute Gasteiger partial charge is 0.261 e. The lowest BCUT2D eigenvalue weighted by Gasteiger charge is -2.26. The average molecular weight is 318 g/mol. The summed E-state index contributed by atoms with van der Waals surface area (Å²) in [4.78, 5) is 14.2. The van der Waals surface area contributed by atoms with Gasteiger partial charge in [-0.15, -0.1) is 0 Å². The molecule has 1 aromatic carbocycles. The van der Waals surface area contributed by atoms with Gasteiger partial charge in [0.1, 0.15) is 0 Å². The lowest BCUT2D eigenvalue weighted by Crippen LogP contribution is -2.37. The third kappa shape index (κ3) is 3.52. The molecule has 0 fully saturated rings. The van der Waals surface area contributed by atoms with Gasteiger partial charge in [0, 0.05) is 28.8 Å². The van der Waals surface area contributed by atoms with E-state index in [9.17, 15) is 13.2 Å². The highest BCUT2D eigenvalue weighted by molar-refractivity contribution is 8.13. The number of nitrogens with zero attached hydrogens (tertiary/aromatic N) is 1. The fourth-order valence-corrected chi connectivity index (χ4v) is 3.42. The first-order valence-electron chi connectivity index (χ1n) is 6.46. The Morgan fingerprint density at radius 1 is 1.25 bits per heavy atom. The molecule has 0 heterocycles. The van der Waals surface area contributed by atoms with Crippen LogP contribution < -0.4 is 0 Å². The van der Waals surface area contributed by atoms with Gasteiger partial charge >= 0.3 is 0 Å². The number of halogens is 1. The van der Waals surface area contributed by atoms with Crippen molar-refractivity contribution in [2.24, 2.45) is 0 Å². The molecule has 6 heteroatoms. The molecule has 0 spiro atoms. The largest absolute Gasteiger partial charge is 0.336 e. The van der Waals surface area contributed by atoms with Crippen LogP contribution in [0.5, 0.6) is 0 Å². The molecule has 20 heavy (non-hydrogen) atoms. The number of aryl methyl sites for hydroxylation is 2. The van der Waals surface area contributed by atoms with Gasteiger partial charge in [-0.3, -0.25) is 4.79 Å². The van der Waals surface area contributed by atoms with Crippen LogP contribution in [0.25, 0.3) is 0 Å². The second kappa shape index (κ2) is 6.14. The highest BCUT2D eigenvalue weighted by Gasteiger charge is 2.23. The van der Waals surface area contributed by atoms with E-state index in [0.29, 0.717) is 17.7 Å². The number of benzene rings is 1. The van der Waals surface area contributed by atoms with Gasteiger partial charge in [0.05, 0.1) is 4.90 Å². The highest BCUT2D eigenvalue weighted by Crippen LogP contribution is 2.25. The number of hydrogen-bond donors (Lipinski definition) is 0. The molecule has 0 atom stereocenters. The summed E-state index contributed by atoms with van der Waals surface area (Å²) in [6.45, 7) is 9.75. The number of carbonyl (C=O) groups is 1. The molecule has 4 nitrogen and oxygen atoms in total. The average Bonchev–Trinajstić information content (AvgIpc) is 2.27. The van der Waals surface area contributed by atoms with Crippen LogP contribution in [-0.2, 0) is 9.05 Å². The van der Waals surface area contributed by atoms with Gasteiger partial charge in [0.15, 0.2) is 0 Å². The molecule has 0 bridgehead atoms. The van der Waals surface area contributed by atoms with Gasteiger partial charge in [-0.1, -0.05) is 6.07 Å². The van der Waals surface area contributed by atoms with Crippen molar-refractivity contribution in [2.45, 2.75) is 45.6 Å². The first-order valence-corrected chi connectivity index (χ1v) is 8.77. The van der Waals surface area contributed by atoms with Crippen molar-refractivity contribution < 1.29 is 13.2 Å². The Kier molecular flexibility index (Phi) is 5.21. The van der Waals surface area contributed by atoms with Gasteiger partial charge in [-0.25, -0.2) is 8.42 Å². The van der Waals surface area contributed by atoms with Gasteiger partial charge in [0.2, 0.25) is 0 Å². The van der Waals surface area contributed by atoms with Crippen LogP contribution in [-0.4, -0.2) is 31.8 Å². The minimum atomic E-state index is -3.86. The maximum Gasteiger partial charge on any atom is 0.261 e. The molecule has 0 N–H and O–H groups in total. The number of hydrogen-bond acceptors (Lipinski definition) is 3. The van der Waals surface area contributed by atoms with Gasteiger partial charge in [-0.2, -0.15) is 0 Å². The van der Waals surface area contributed by atoms with E-state index >= 15 is 0 Å². The molecular formula is C14H20ClNO3S. The fourth-order valence-electron chi connectivity index (χ4n) is 2.22. The number of rotatable bonds is 4. The van der Waals surface area contributed by atoms with E-state index in [1.807, 2.05) is 20.8 Å². The van der Waals surface area contributed by atoms with Crippen molar-refractivity contribution in [3.8, 4) is 0 Å². The van der Waals surface area contributed by atoms with E-state index < -0.39 is 9.05 Å². The summed E-state index contributed by atoms with van der Waals surface area (Å²) in [5.41, 5.74) is 1.67. The summed E-state index contributed by atoms with van der Waals surface area (Å²) in [6, 6.07) is 3.10. The Morgan fingerprint density at radius 2 is 1.80 bits per heavy atom. The zero-order valence-electron chi connectivity index (χ0n) is 12.4. The van der Waals surface area contributed by atoms with Crippen LogP contribution in [0.3, 0.4) is 0 Å². The monoisotopic (exact) mass is 317 g/mol. The molecule has 0 saturated carbocycles. The van der Waals surface area contributed by atoms with E-state index in [2.05, 4.69) is 0 Å². The Bertz CT molecular complexity index is 624. The van der Waals surface area contributed by atoms with Crippen molar-refractivity contribution >= 4 is 25.6 Å². The summed E-state index contributed by atoms with van der Waals surface area (Å²) in [5, 5.41) is 0. The van der Waals surface area contributed by atoms with Crippen molar-refractivity contribution in [2.75, 3.05) is 6.54 Å². The fraction of sp³-hybridized carbons (Fsp3) is 0.500. The lowest BCUT2D eigenvalue weighted by atomic mass is 10.0. The van der Waals surface area contributed by atoms with Crippen LogP contribution in [0.15, 0.2) is 17.0 Å². The standard InChI is InChI=1S/C14H20ClNO3S/c1-6-16(9(2)3)14(17)12-8-13(20(15,18)19)11(5)7-10(12)4/h7-9H,6H2,1-5H3. The van der Waals surface area contributed by atoms with E-state index in [1.54, 1.807) is 24.8 Å². The number of carbonyl (C=O) groups excluding carboxylic acids is 1. The summed E-state index contributed by atoms with van der Waals surface area (Å²) in [6.07, 6.45) is 0. The van der Waals surface area contributed by atoms with Crippen LogP contribution in [0.2, 0.25) is 0 Å². The molecule has 0 aliphatic carbocycles. The Hall–Kier alpha value is -1.07. The molecule has 1 amide bonds. The molecule has 0 aliphatic heterocycles. The third-order valence-corrected chi connectivity index (χ3v) is 4.70. The molecule has 0 aliphatic rings. The molecule has 0 unspecified atom stereocenters. The van der Waals surface area contributed by atoms with Crippen LogP contribution in [0, 0.1) is 13.8 Å². The molecule has 1 rings (SSSR count). The zero-order valence-corrected chi connectivity index (χ0v) is 14.0. The predicted molar refractivity (Wildman–Crippen MR) is 80.8 cm³/mol. The third-order valence-electron chi connectivity index (χ3n) is 3.24. The summed E-state index contributed by atoms with van der Waals surface area (Å²) < 4.78 is 23.1. The quantitative estimate of drug-likeness (QED) is 0.802. The summed E-state index contributed by atoms with van der Waals surface area (Å²) in [5.74, 6) is -0.179. The van der Waals surface area contributed by atoms with Gasteiger partial charge in [0.25, 0.3) is 15.0 Å². The number of amides is 1. The molecule has 0 radical (unpaired) electrons. The van der Waals surface area contributed by atoms with E-state index in [0.717, 1.165) is 5.56 Å². The molecular weight excluding hydrogens is 298 g/mol. The Labute approximate surface area is 125 Å².